The summed E-state index contributed by atoms with van der Waals surface area (Å²) in [6.45, 7) is 18.0. The molecule has 0 radical (unpaired) electrons. The quantitative estimate of drug-likeness (QED) is 0.427. The van der Waals surface area contributed by atoms with Crippen molar-refractivity contribution in [3.8, 4) is 0 Å². The predicted molar refractivity (Wildman–Crippen MR) is 166 cm³/mol. The van der Waals surface area contributed by atoms with Gasteiger partial charge >= 0.3 is 49.7 Å². The smallest absolute Gasteiger partial charge is 0.545 e. The fourth-order valence-electron chi connectivity index (χ4n) is 5.47. The number of hydrogen-bond acceptors (Lipinski definition) is 10. The Morgan fingerprint density at radius 3 is 1.16 bits per heavy atom. The molecule has 240 valence electrons. The average Bonchev–Trinajstić information content (AvgIpc) is 2.94. The van der Waals surface area contributed by atoms with Crippen LogP contribution in [0, 0.1) is 10.8 Å². The summed E-state index contributed by atoms with van der Waals surface area (Å²) in [5.74, 6) is -4.09. The van der Waals surface area contributed by atoms with Crippen LogP contribution in [0.5, 0.6) is 0 Å². The molecular weight excluding hydrogens is 604 g/mol. The molecular formula is C34H44CaN2O8. The van der Waals surface area contributed by atoms with Crippen LogP contribution in [0.4, 0.5) is 0 Å². The van der Waals surface area contributed by atoms with E-state index in [4.69, 9.17) is 9.68 Å². The van der Waals surface area contributed by atoms with E-state index in [1.807, 2.05) is 27.7 Å². The Kier molecular flexibility index (Phi) is 12.8. The number of hydrogen-bond donors (Lipinski definition) is 0. The van der Waals surface area contributed by atoms with E-state index in [0.717, 1.165) is 25.7 Å². The minimum atomic E-state index is -1.38. The fraction of sp³-hybridized carbons (Fsp3) is 0.529. The maximum Gasteiger partial charge on any atom is 2.00 e. The number of benzene rings is 2. The summed E-state index contributed by atoms with van der Waals surface area (Å²) in [7, 11) is 0. The maximum absolute atomic E-state index is 12.4. The van der Waals surface area contributed by atoms with Crippen molar-refractivity contribution >= 4 is 61.6 Å². The topological polar surface area (TPSA) is 139 Å². The van der Waals surface area contributed by atoms with Crippen LogP contribution >= 0.6 is 0 Å². The Morgan fingerprint density at radius 1 is 0.578 bits per heavy atom. The number of rotatable bonds is 6. The number of aromatic carboxylic acids is 2. The van der Waals surface area contributed by atoms with Crippen molar-refractivity contribution in [2.24, 2.45) is 10.8 Å². The van der Waals surface area contributed by atoms with Gasteiger partial charge in [-0.1, -0.05) is 64.1 Å². The molecule has 0 unspecified atom stereocenters. The summed E-state index contributed by atoms with van der Waals surface area (Å²) in [5, 5.41) is 25.6. The largest absolute Gasteiger partial charge is 2.00 e. The van der Waals surface area contributed by atoms with E-state index in [1.54, 1.807) is 34.4 Å². The van der Waals surface area contributed by atoms with E-state index in [9.17, 15) is 29.4 Å². The van der Waals surface area contributed by atoms with E-state index < -0.39 is 23.9 Å². The van der Waals surface area contributed by atoms with Gasteiger partial charge in [0, 0.05) is 24.2 Å². The molecule has 45 heavy (non-hydrogen) atoms. The van der Waals surface area contributed by atoms with Crippen LogP contribution in [0.2, 0.25) is 0 Å². The number of nitrogens with zero attached hydrogens (tertiary/aromatic N) is 2. The number of carbonyl (C=O) groups is 4. The zero-order chi connectivity index (χ0) is 33.1. The summed E-state index contributed by atoms with van der Waals surface area (Å²) in [6, 6.07) is 11.9. The van der Waals surface area contributed by atoms with E-state index in [-0.39, 0.29) is 81.9 Å². The van der Waals surface area contributed by atoms with Crippen LogP contribution in [0.3, 0.4) is 0 Å². The molecule has 0 N–H and O–H groups in total. The van der Waals surface area contributed by atoms with Gasteiger partial charge in [0.15, 0.2) is 0 Å². The SMILES string of the molecule is CC1(C)CCCN(OC(=O)c2ccccc2C(=O)[O-])C1(C)C.CC1(C)CCCN(OC(=O)c2ccccc2C(=O)[O-])C1(C)C.[Ca+2]. The molecule has 4 rings (SSSR count). The molecule has 2 aliphatic heterocycles. The van der Waals surface area contributed by atoms with Gasteiger partial charge in [0.2, 0.25) is 0 Å². The van der Waals surface area contributed by atoms with Gasteiger partial charge < -0.3 is 29.5 Å². The standard InChI is InChI=1S/2C17H23NO4.Ca/c2*1-16(2)10-7-11-18(17(16,3)4)22-15(21)13-9-6-5-8-12(13)14(19)20;/h2*5-6,8-9H,7,10-11H2,1-4H3,(H,19,20);/q;;+2/p-2. The molecule has 2 fully saturated rings. The van der Waals surface area contributed by atoms with Gasteiger partial charge in [0.1, 0.15) is 0 Å². The summed E-state index contributed by atoms with van der Waals surface area (Å²) in [4.78, 5) is 58.0. The van der Waals surface area contributed by atoms with E-state index in [2.05, 4.69) is 27.7 Å². The minimum absolute atomic E-state index is 0. The number of piperidine rings is 2. The summed E-state index contributed by atoms with van der Waals surface area (Å²) >= 11 is 0. The van der Waals surface area contributed by atoms with Gasteiger partial charge in [-0.3, -0.25) is 0 Å². The average molecular weight is 649 g/mol. The third-order valence-electron chi connectivity index (χ3n) is 10.0. The second-order valence-electron chi connectivity index (χ2n) is 13.7. The predicted octanol–water partition coefficient (Wildman–Crippen LogP) is 3.66. The van der Waals surface area contributed by atoms with E-state index in [0.29, 0.717) is 13.1 Å². The van der Waals surface area contributed by atoms with Gasteiger partial charge in [0.25, 0.3) is 0 Å². The van der Waals surface area contributed by atoms with Crippen molar-refractivity contribution in [2.75, 3.05) is 13.1 Å². The first-order valence-corrected chi connectivity index (χ1v) is 14.9. The second-order valence-corrected chi connectivity index (χ2v) is 13.7. The van der Waals surface area contributed by atoms with Crippen LogP contribution in [0.25, 0.3) is 0 Å². The molecule has 0 aromatic heterocycles. The van der Waals surface area contributed by atoms with Gasteiger partial charge in [-0.25, -0.2) is 9.59 Å². The van der Waals surface area contributed by atoms with Gasteiger partial charge in [-0.2, -0.15) is 0 Å². The minimum Gasteiger partial charge on any atom is -0.545 e. The van der Waals surface area contributed by atoms with Crippen molar-refractivity contribution in [2.45, 2.75) is 92.2 Å². The van der Waals surface area contributed by atoms with E-state index >= 15 is 0 Å². The van der Waals surface area contributed by atoms with Gasteiger partial charge in [-0.15, -0.1) is 10.1 Å². The molecule has 0 atom stereocenters. The molecule has 0 spiro atoms. The first-order chi connectivity index (χ1) is 20.3. The van der Waals surface area contributed by atoms with Crippen LogP contribution in [-0.4, -0.2) is 95.9 Å². The summed E-state index contributed by atoms with van der Waals surface area (Å²) in [5.41, 5.74) is -0.973. The molecule has 0 amide bonds. The number of carboxylic acid groups (broad SMARTS) is 2. The fourth-order valence-corrected chi connectivity index (χ4v) is 5.47. The molecule has 2 aromatic carbocycles. The molecule has 2 heterocycles. The van der Waals surface area contributed by atoms with Crippen molar-refractivity contribution in [3.63, 3.8) is 0 Å². The first kappa shape index (κ1) is 38.7. The molecule has 0 aliphatic carbocycles. The Balaban J connectivity index is 0.000000307. The van der Waals surface area contributed by atoms with Crippen molar-refractivity contribution < 1.29 is 39.1 Å². The summed E-state index contributed by atoms with van der Waals surface area (Å²) < 4.78 is 0. The van der Waals surface area contributed by atoms with Crippen LogP contribution < -0.4 is 10.2 Å². The molecule has 10 nitrogen and oxygen atoms in total. The van der Waals surface area contributed by atoms with Gasteiger partial charge in [-0.05, 0) is 76.3 Å². The monoisotopic (exact) mass is 648 g/mol. The normalized spacial score (nSPS) is 19.9. The number of hydroxylamine groups is 4. The third kappa shape index (κ3) is 8.46. The Labute approximate surface area is 296 Å². The van der Waals surface area contributed by atoms with Gasteiger partial charge in [0.05, 0.1) is 34.1 Å². The van der Waals surface area contributed by atoms with Crippen molar-refractivity contribution in [3.05, 3.63) is 70.8 Å². The van der Waals surface area contributed by atoms with E-state index in [1.165, 1.54) is 24.3 Å². The van der Waals surface area contributed by atoms with Crippen LogP contribution in [0.1, 0.15) is 123 Å². The Morgan fingerprint density at radius 2 is 0.867 bits per heavy atom. The van der Waals surface area contributed by atoms with Crippen LogP contribution in [-0.2, 0) is 9.68 Å². The van der Waals surface area contributed by atoms with Crippen LogP contribution in [0.15, 0.2) is 48.5 Å². The zero-order valence-corrected chi connectivity index (χ0v) is 29.9. The maximum atomic E-state index is 12.4. The second kappa shape index (κ2) is 14.9. The molecule has 2 aliphatic rings. The number of carboxylic acids is 2. The Bertz CT molecular complexity index is 1300. The molecule has 2 saturated heterocycles. The van der Waals surface area contributed by atoms with Crippen molar-refractivity contribution in [1.82, 2.24) is 10.1 Å². The molecule has 11 heteroatoms. The Hall–Kier alpha value is -2.50. The molecule has 2 aromatic rings. The first-order valence-electron chi connectivity index (χ1n) is 14.9. The molecule has 0 bridgehead atoms. The summed E-state index contributed by atoms with van der Waals surface area (Å²) in [6.07, 6.45) is 3.94. The number of carbonyl (C=O) groups excluding carboxylic acids is 4. The molecule has 0 saturated carbocycles. The van der Waals surface area contributed by atoms with Crippen molar-refractivity contribution in [1.29, 1.82) is 0 Å². The zero-order valence-electron chi connectivity index (χ0n) is 27.7. The third-order valence-corrected chi connectivity index (χ3v) is 10.0.